The molecule has 2 rings (SSSR count). The minimum Gasteiger partial charge on any atom is -0.388 e. The van der Waals surface area contributed by atoms with Crippen LogP contribution >= 0.6 is 11.8 Å². The van der Waals surface area contributed by atoms with E-state index in [-0.39, 0.29) is 23.1 Å². The van der Waals surface area contributed by atoms with Crippen LogP contribution in [0.3, 0.4) is 0 Å². The van der Waals surface area contributed by atoms with Crippen molar-refractivity contribution in [2.24, 2.45) is 7.05 Å². The fraction of sp³-hybridized carbons (Fsp3) is 0.364. The SMILES string of the molecule is Cn1nnc(CC(O)c2ccc(SC(F)(F)F)cc2)n1. The van der Waals surface area contributed by atoms with Crippen molar-refractivity contribution in [2.75, 3.05) is 0 Å². The molecule has 0 saturated carbocycles. The summed E-state index contributed by atoms with van der Waals surface area (Å²) in [6.07, 6.45) is -0.733. The van der Waals surface area contributed by atoms with Crippen molar-refractivity contribution in [3.63, 3.8) is 0 Å². The lowest BCUT2D eigenvalue weighted by molar-refractivity contribution is -0.0328. The van der Waals surface area contributed by atoms with Crippen LogP contribution in [0.15, 0.2) is 29.2 Å². The first-order valence-electron chi connectivity index (χ1n) is 5.60. The summed E-state index contributed by atoms with van der Waals surface area (Å²) in [7, 11) is 1.60. The van der Waals surface area contributed by atoms with E-state index in [9.17, 15) is 18.3 Å². The van der Waals surface area contributed by atoms with E-state index in [1.807, 2.05) is 0 Å². The minimum atomic E-state index is -4.32. The van der Waals surface area contributed by atoms with Crippen molar-refractivity contribution in [1.29, 1.82) is 0 Å². The molecular weight excluding hydrogens is 293 g/mol. The Morgan fingerprint density at radius 2 is 1.95 bits per heavy atom. The van der Waals surface area contributed by atoms with E-state index >= 15 is 0 Å². The maximum Gasteiger partial charge on any atom is 0.446 e. The molecule has 0 aliphatic rings. The van der Waals surface area contributed by atoms with Crippen molar-refractivity contribution < 1.29 is 18.3 Å². The highest BCUT2D eigenvalue weighted by atomic mass is 32.2. The molecular formula is C11H11F3N4OS. The number of aliphatic hydroxyl groups is 1. The van der Waals surface area contributed by atoms with Gasteiger partial charge in [0, 0.05) is 11.3 Å². The Labute approximate surface area is 116 Å². The Hall–Kier alpha value is -1.61. The van der Waals surface area contributed by atoms with Crippen LogP contribution in [0.25, 0.3) is 0 Å². The standard InChI is InChI=1S/C11H11F3N4OS/c1-18-16-10(15-17-18)6-9(19)7-2-4-8(5-3-7)20-11(12,13)14/h2-5,9,19H,6H2,1H3. The van der Waals surface area contributed by atoms with Gasteiger partial charge in [-0.3, -0.25) is 0 Å². The number of rotatable bonds is 4. The van der Waals surface area contributed by atoms with Gasteiger partial charge in [0.1, 0.15) is 0 Å². The number of benzene rings is 1. The van der Waals surface area contributed by atoms with E-state index in [2.05, 4.69) is 15.4 Å². The number of aryl methyl sites for hydroxylation is 1. The second-order valence-corrected chi connectivity index (χ2v) is 5.17. The van der Waals surface area contributed by atoms with E-state index in [4.69, 9.17) is 0 Å². The number of halogens is 3. The van der Waals surface area contributed by atoms with Crippen LogP contribution in [0.1, 0.15) is 17.5 Å². The summed E-state index contributed by atoms with van der Waals surface area (Å²) in [5, 5.41) is 21.3. The van der Waals surface area contributed by atoms with Gasteiger partial charge in [-0.1, -0.05) is 12.1 Å². The molecule has 1 aromatic carbocycles. The first kappa shape index (κ1) is 14.8. The third-order valence-corrected chi connectivity index (χ3v) is 3.16. The molecule has 1 N–H and O–H groups in total. The normalized spacial score (nSPS) is 13.4. The first-order valence-corrected chi connectivity index (χ1v) is 6.42. The number of nitrogens with zero attached hydrogens (tertiary/aromatic N) is 4. The lowest BCUT2D eigenvalue weighted by Gasteiger charge is -2.10. The topological polar surface area (TPSA) is 63.8 Å². The zero-order chi connectivity index (χ0) is 14.8. The van der Waals surface area contributed by atoms with Gasteiger partial charge in [0.2, 0.25) is 0 Å². The number of hydrogen-bond donors (Lipinski definition) is 1. The lowest BCUT2D eigenvalue weighted by Crippen LogP contribution is -2.04. The molecule has 0 saturated heterocycles. The number of thioether (sulfide) groups is 1. The smallest absolute Gasteiger partial charge is 0.388 e. The third kappa shape index (κ3) is 4.20. The molecule has 1 aromatic heterocycles. The molecule has 0 radical (unpaired) electrons. The fourth-order valence-electron chi connectivity index (χ4n) is 1.59. The largest absolute Gasteiger partial charge is 0.446 e. The van der Waals surface area contributed by atoms with E-state index in [0.29, 0.717) is 11.4 Å². The highest BCUT2D eigenvalue weighted by molar-refractivity contribution is 8.00. The van der Waals surface area contributed by atoms with Gasteiger partial charge in [-0.25, -0.2) is 0 Å². The summed E-state index contributed by atoms with van der Waals surface area (Å²) >= 11 is -0.191. The Morgan fingerprint density at radius 3 is 2.45 bits per heavy atom. The van der Waals surface area contributed by atoms with Gasteiger partial charge in [-0.2, -0.15) is 18.0 Å². The van der Waals surface area contributed by atoms with Gasteiger partial charge < -0.3 is 5.11 Å². The first-order chi connectivity index (χ1) is 9.33. The maximum absolute atomic E-state index is 12.2. The molecule has 0 amide bonds. The molecule has 0 bridgehead atoms. The molecule has 0 spiro atoms. The van der Waals surface area contributed by atoms with Crippen LogP contribution in [-0.2, 0) is 13.5 Å². The van der Waals surface area contributed by atoms with Gasteiger partial charge in [0.25, 0.3) is 0 Å². The molecule has 0 aliphatic carbocycles. The van der Waals surface area contributed by atoms with Crippen LogP contribution in [-0.4, -0.2) is 30.8 Å². The van der Waals surface area contributed by atoms with Crippen LogP contribution in [0.2, 0.25) is 0 Å². The van der Waals surface area contributed by atoms with Gasteiger partial charge in [0.15, 0.2) is 5.82 Å². The highest BCUT2D eigenvalue weighted by Crippen LogP contribution is 2.37. The van der Waals surface area contributed by atoms with E-state index in [1.165, 1.54) is 29.1 Å². The van der Waals surface area contributed by atoms with Crippen molar-refractivity contribution in [1.82, 2.24) is 20.2 Å². The molecule has 20 heavy (non-hydrogen) atoms. The number of tetrazole rings is 1. The van der Waals surface area contributed by atoms with Gasteiger partial charge in [-0.15, -0.1) is 10.2 Å². The Morgan fingerprint density at radius 1 is 1.30 bits per heavy atom. The molecule has 9 heteroatoms. The van der Waals surface area contributed by atoms with Gasteiger partial charge >= 0.3 is 5.51 Å². The quantitative estimate of drug-likeness (QED) is 0.876. The molecule has 0 aliphatic heterocycles. The highest BCUT2D eigenvalue weighted by Gasteiger charge is 2.29. The monoisotopic (exact) mass is 304 g/mol. The number of hydrogen-bond acceptors (Lipinski definition) is 5. The van der Waals surface area contributed by atoms with E-state index in [0.717, 1.165) is 0 Å². The van der Waals surface area contributed by atoms with Gasteiger partial charge in [0.05, 0.1) is 13.2 Å². The Bertz CT molecular complexity index is 570. The molecule has 1 unspecified atom stereocenters. The number of aliphatic hydroxyl groups excluding tert-OH is 1. The fourth-order valence-corrected chi connectivity index (χ4v) is 2.13. The van der Waals surface area contributed by atoms with Crippen molar-refractivity contribution in [3.8, 4) is 0 Å². The molecule has 2 aromatic rings. The zero-order valence-electron chi connectivity index (χ0n) is 10.4. The Kier molecular flexibility index (Phi) is 4.29. The lowest BCUT2D eigenvalue weighted by atomic mass is 10.1. The molecule has 5 nitrogen and oxygen atoms in total. The van der Waals surface area contributed by atoms with E-state index in [1.54, 1.807) is 7.05 Å². The van der Waals surface area contributed by atoms with Crippen molar-refractivity contribution in [2.45, 2.75) is 22.9 Å². The molecule has 108 valence electrons. The predicted molar refractivity (Wildman–Crippen MR) is 65.8 cm³/mol. The van der Waals surface area contributed by atoms with Crippen LogP contribution in [0, 0.1) is 0 Å². The van der Waals surface area contributed by atoms with Gasteiger partial charge in [-0.05, 0) is 34.7 Å². The summed E-state index contributed by atoms with van der Waals surface area (Å²) < 4.78 is 36.5. The molecule has 0 fully saturated rings. The van der Waals surface area contributed by atoms with Crippen LogP contribution in [0.5, 0.6) is 0 Å². The third-order valence-electron chi connectivity index (χ3n) is 2.42. The van der Waals surface area contributed by atoms with Crippen molar-refractivity contribution in [3.05, 3.63) is 35.7 Å². The summed E-state index contributed by atoms with van der Waals surface area (Å²) in [4.78, 5) is 1.34. The average molecular weight is 304 g/mol. The molecule has 1 atom stereocenters. The maximum atomic E-state index is 12.2. The van der Waals surface area contributed by atoms with E-state index < -0.39 is 11.6 Å². The second kappa shape index (κ2) is 5.80. The summed E-state index contributed by atoms with van der Waals surface area (Å²) in [6, 6.07) is 5.55. The summed E-state index contributed by atoms with van der Waals surface area (Å²) in [6.45, 7) is 0. The predicted octanol–water partition coefficient (Wildman–Crippen LogP) is 2.10. The second-order valence-electron chi connectivity index (χ2n) is 4.03. The summed E-state index contributed by atoms with van der Waals surface area (Å²) in [5.41, 5.74) is -3.81. The zero-order valence-corrected chi connectivity index (χ0v) is 11.2. The van der Waals surface area contributed by atoms with Crippen LogP contribution < -0.4 is 0 Å². The van der Waals surface area contributed by atoms with Crippen molar-refractivity contribution >= 4 is 11.8 Å². The summed E-state index contributed by atoms with van der Waals surface area (Å²) in [5.74, 6) is 0.369. The average Bonchev–Trinajstić information content (AvgIpc) is 2.73. The Balaban J connectivity index is 2.02. The molecule has 1 heterocycles. The number of aromatic nitrogens is 4. The number of alkyl halides is 3. The minimum absolute atomic E-state index is 0.0751. The van der Waals surface area contributed by atoms with Crippen LogP contribution in [0.4, 0.5) is 13.2 Å².